The number of hydrogen-bond acceptors (Lipinski definition) is 4. The van der Waals surface area contributed by atoms with Crippen LogP contribution in [-0.4, -0.2) is 10.1 Å². The molecule has 0 aliphatic carbocycles. The summed E-state index contributed by atoms with van der Waals surface area (Å²) in [5.74, 6) is 0.273. The van der Waals surface area contributed by atoms with Gasteiger partial charge in [0.25, 0.3) is 0 Å². The van der Waals surface area contributed by atoms with Crippen molar-refractivity contribution >= 4 is 22.7 Å². The molecule has 2 nitrogen and oxygen atoms in total. The largest absolute Gasteiger partial charge is 0.508 e. The molecule has 0 unspecified atom stereocenters. The van der Waals surface area contributed by atoms with E-state index in [-0.39, 0.29) is 5.75 Å². The highest BCUT2D eigenvalue weighted by Gasteiger charge is 2.07. The molecule has 2 aromatic heterocycles. The second kappa shape index (κ2) is 4.31. The first-order chi connectivity index (χ1) is 8.33. The van der Waals surface area contributed by atoms with E-state index in [1.165, 1.54) is 0 Å². The quantitative estimate of drug-likeness (QED) is 0.746. The van der Waals surface area contributed by atoms with Crippen molar-refractivity contribution in [3.63, 3.8) is 0 Å². The Bertz CT molecular complexity index is 628. The van der Waals surface area contributed by atoms with Gasteiger partial charge in [-0.2, -0.15) is 11.3 Å². The molecular weight excluding hydrogens is 250 g/mol. The molecule has 0 aliphatic heterocycles. The molecule has 17 heavy (non-hydrogen) atoms. The highest BCUT2D eigenvalue weighted by molar-refractivity contribution is 7.13. The van der Waals surface area contributed by atoms with Crippen molar-refractivity contribution in [3.8, 4) is 27.6 Å². The fourth-order valence-electron chi connectivity index (χ4n) is 1.59. The van der Waals surface area contributed by atoms with Crippen LogP contribution in [0.2, 0.25) is 0 Å². The Balaban J connectivity index is 2.01. The number of thiophene rings is 1. The summed E-state index contributed by atoms with van der Waals surface area (Å²) in [7, 11) is 0. The molecule has 2 heterocycles. The maximum atomic E-state index is 9.44. The number of aromatic nitrogens is 1. The van der Waals surface area contributed by atoms with Crippen molar-refractivity contribution in [2.75, 3.05) is 0 Å². The second-order valence-corrected chi connectivity index (χ2v) is 5.24. The molecule has 1 N–H and O–H groups in total. The maximum absolute atomic E-state index is 9.44. The molecule has 3 rings (SSSR count). The lowest BCUT2D eigenvalue weighted by molar-refractivity contribution is 0.475. The smallest absolute Gasteiger partial charge is 0.124 e. The summed E-state index contributed by atoms with van der Waals surface area (Å²) in [6, 6.07) is 9.24. The number of hydrogen-bond donors (Lipinski definition) is 1. The SMILES string of the molecule is Oc1cccc(-c2nc(-c3ccsc3)cs2)c1. The first-order valence-corrected chi connectivity index (χ1v) is 6.93. The minimum Gasteiger partial charge on any atom is -0.508 e. The molecule has 1 aromatic carbocycles. The van der Waals surface area contributed by atoms with Crippen molar-refractivity contribution in [3.05, 3.63) is 46.5 Å². The van der Waals surface area contributed by atoms with Gasteiger partial charge in [-0.3, -0.25) is 0 Å². The molecule has 0 bridgehead atoms. The predicted molar refractivity (Wildman–Crippen MR) is 72.5 cm³/mol. The third-order valence-electron chi connectivity index (χ3n) is 2.41. The number of phenolic OH excluding ortho intramolecular Hbond substituents is 1. The third kappa shape index (κ3) is 2.09. The third-order valence-corrected chi connectivity index (χ3v) is 3.99. The Morgan fingerprint density at radius 2 is 2.00 bits per heavy atom. The van der Waals surface area contributed by atoms with Gasteiger partial charge < -0.3 is 5.11 Å². The van der Waals surface area contributed by atoms with Gasteiger partial charge in [0.2, 0.25) is 0 Å². The van der Waals surface area contributed by atoms with E-state index >= 15 is 0 Å². The summed E-state index contributed by atoms with van der Waals surface area (Å²) in [6.07, 6.45) is 0. The lowest BCUT2D eigenvalue weighted by Crippen LogP contribution is -1.77. The van der Waals surface area contributed by atoms with Crippen LogP contribution in [0.5, 0.6) is 5.75 Å². The molecule has 0 spiro atoms. The van der Waals surface area contributed by atoms with Crippen molar-refractivity contribution in [2.45, 2.75) is 0 Å². The monoisotopic (exact) mass is 259 g/mol. The van der Waals surface area contributed by atoms with Crippen molar-refractivity contribution < 1.29 is 5.11 Å². The Morgan fingerprint density at radius 1 is 1.06 bits per heavy atom. The van der Waals surface area contributed by atoms with Gasteiger partial charge in [0, 0.05) is 21.9 Å². The standard InChI is InChI=1S/C13H9NOS2/c15-11-3-1-2-9(6-11)13-14-12(8-17-13)10-4-5-16-7-10/h1-8,15H. The predicted octanol–water partition coefficient (Wildman–Crippen LogP) is 4.24. The zero-order chi connectivity index (χ0) is 11.7. The molecule has 0 amide bonds. The molecule has 0 radical (unpaired) electrons. The van der Waals surface area contributed by atoms with E-state index < -0.39 is 0 Å². The van der Waals surface area contributed by atoms with E-state index in [1.54, 1.807) is 34.8 Å². The lowest BCUT2D eigenvalue weighted by Gasteiger charge is -1.96. The van der Waals surface area contributed by atoms with Crippen LogP contribution in [0.25, 0.3) is 21.8 Å². The normalized spacial score (nSPS) is 10.6. The minimum absolute atomic E-state index is 0.273. The van der Waals surface area contributed by atoms with Gasteiger partial charge in [-0.05, 0) is 23.6 Å². The van der Waals surface area contributed by atoms with Crippen LogP contribution in [0, 0.1) is 0 Å². The molecule has 3 aromatic rings. The topological polar surface area (TPSA) is 33.1 Å². The lowest BCUT2D eigenvalue weighted by atomic mass is 10.2. The van der Waals surface area contributed by atoms with E-state index in [9.17, 15) is 5.11 Å². The molecule has 0 aliphatic rings. The van der Waals surface area contributed by atoms with Crippen LogP contribution in [0.15, 0.2) is 46.5 Å². The molecule has 0 atom stereocenters. The fourth-order valence-corrected chi connectivity index (χ4v) is 3.06. The Hall–Kier alpha value is -1.65. The van der Waals surface area contributed by atoms with E-state index in [0.29, 0.717) is 0 Å². The molecule has 0 saturated carbocycles. The maximum Gasteiger partial charge on any atom is 0.124 e. The number of rotatable bonds is 2. The van der Waals surface area contributed by atoms with Gasteiger partial charge in [-0.25, -0.2) is 4.98 Å². The zero-order valence-electron chi connectivity index (χ0n) is 8.83. The first-order valence-electron chi connectivity index (χ1n) is 5.10. The summed E-state index contributed by atoms with van der Waals surface area (Å²) in [5.41, 5.74) is 3.10. The Kier molecular flexibility index (Phi) is 2.66. The Morgan fingerprint density at radius 3 is 2.76 bits per heavy atom. The fraction of sp³-hybridized carbons (Fsp3) is 0. The summed E-state index contributed by atoms with van der Waals surface area (Å²) in [6.45, 7) is 0. The minimum atomic E-state index is 0.273. The van der Waals surface area contributed by atoms with Gasteiger partial charge in [0.15, 0.2) is 0 Å². The molecule has 0 saturated heterocycles. The number of thiazole rings is 1. The van der Waals surface area contributed by atoms with E-state index in [1.807, 2.05) is 22.9 Å². The van der Waals surface area contributed by atoms with Crippen molar-refractivity contribution in [1.82, 2.24) is 4.98 Å². The van der Waals surface area contributed by atoms with Gasteiger partial charge >= 0.3 is 0 Å². The first kappa shape index (κ1) is 10.5. The van der Waals surface area contributed by atoms with Crippen LogP contribution >= 0.6 is 22.7 Å². The summed E-state index contributed by atoms with van der Waals surface area (Å²) < 4.78 is 0. The van der Waals surface area contributed by atoms with E-state index in [4.69, 9.17) is 0 Å². The molecular formula is C13H9NOS2. The van der Waals surface area contributed by atoms with E-state index in [0.717, 1.165) is 21.8 Å². The second-order valence-electron chi connectivity index (χ2n) is 3.60. The van der Waals surface area contributed by atoms with Crippen LogP contribution < -0.4 is 0 Å². The Labute approximate surface area is 107 Å². The van der Waals surface area contributed by atoms with E-state index in [2.05, 4.69) is 16.4 Å². The highest BCUT2D eigenvalue weighted by Crippen LogP contribution is 2.30. The van der Waals surface area contributed by atoms with Crippen LogP contribution in [0.3, 0.4) is 0 Å². The molecule has 0 fully saturated rings. The average molecular weight is 259 g/mol. The van der Waals surface area contributed by atoms with Gasteiger partial charge in [0.1, 0.15) is 10.8 Å². The van der Waals surface area contributed by atoms with Gasteiger partial charge in [0.05, 0.1) is 5.69 Å². The number of nitrogens with zero attached hydrogens (tertiary/aromatic N) is 1. The number of benzene rings is 1. The highest BCUT2D eigenvalue weighted by atomic mass is 32.1. The van der Waals surface area contributed by atoms with Crippen molar-refractivity contribution in [2.24, 2.45) is 0 Å². The van der Waals surface area contributed by atoms with Crippen LogP contribution in [0.4, 0.5) is 0 Å². The average Bonchev–Trinajstić information content (AvgIpc) is 3.00. The van der Waals surface area contributed by atoms with Crippen LogP contribution in [-0.2, 0) is 0 Å². The summed E-state index contributed by atoms with van der Waals surface area (Å²) >= 11 is 3.26. The summed E-state index contributed by atoms with van der Waals surface area (Å²) in [5, 5.41) is 16.5. The summed E-state index contributed by atoms with van der Waals surface area (Å²) in [4.78, 5) is 4.58. The molecule has 84 valence electrons. The number of phenols is 1. The number of aromatic hydroxyl groups is 1. The van der Waals surface area contributed by atoms with Gasteiger partial charge in [-0.15, -0.1) is 11.3 Å². The van der Waals surface area contributed by atoms with Crippen molar-refractivity contribution in [1.29, 1.82) is 0 Å². The molecule has 4 heteroatoms. The van der Waals surface area contributed by atoms with Gasteiger partial charge in [-0.1, -0.05) is 12.1 Å². The zero-order valence-corrected chi connectivity index (χ0v) is 10.5. The van der Waals surface area contributed by atoms with Crippen LogP contribution in [0.1, 0.15) is 0 Å².